The van der Waals surface area contributed by atoms with Crippen molar-refractivity contribution in [2.75, 3.05) is 14.2 Å². The Morgan fingerprint density at radius 2 is 0.794 bits per heavy atom. The second-order valence-electron chi connectivity index (χ2n) is 16.6. The van der Waals surface area contributed by atoms with Crippen LogP contribution < -0.4 is 35.2 Å². The number of hydrogen-bond acceptors (Lipinski definition) is 10. The van der Waals surface area contributed by atoms with Crippen molar-refractivity contribution in [1.82, 2.24) is 10.6 Å². The average molecular weight is 962 g/mol. The third-order valence-corrected chi connectivity index (χ3v) is 11.3. The third kappa shape index (κ3) is 19.7. The number of rotatable bonds is 11. The van der Waals surface area contributed by atoms with Crippen LogP contribution in [0.5, 0.6) is 0 Å². The number of hydrogen-bond donors (Lipinski definition) is 5. The van der Waals surface area contributed by atoms with Crippen molar-refractivity contribution in [3.63, 3.8) is 0 Å². The van der Waals surface area contributed by atoms with Gasteiger partial charge in [0.15, 0.2) is 0 Å². The summed E-state index contributed by atoms with van der Waals surface area (Å²) in [5, 5.41) is 22.9. The number of aliphatic carboxylic acids is 2. The number of methoxy groups -OCH3 is 2. The Balaban J connectivity index is 0.000000468. The van der Waals surface area contributed by atoms with Crippen molar-refractivity contribution in [1.29, 1.82) is 0 Å². The van der Waals surface area contributed by atoms with Crippen LogP contribution in [0, 0.1) is 34.9 Å². The Hall–Kier alpha value is -5.42. The topological polar surface area (TPSA) is 241 Å². The minimum atomic E-state index is -1.25. The molecule has 7 N–H and O–H groups in total. The van der Waals surface area contributed by atoms with Crippen molar-refractivity contribution in [3.05, 3.63) is 106 Å². The van der Waals surface area contributed by atoms with Gasteiger partial charge in [-0.05, 0) is 91.6 Å². The number of carboxylic acids is 2. The zero-order chi connectivity index (χ0) is 49.1. The predicted molar refractivity (Wildman–Crippen MR) is 229 cm³/mol. The third-order valence-electron chi connectivity index (χ3n) is 11.3. The predicted octanol–water partition coefficient (Wildman–Crippen LogP) is 4.15. The Labute approximate surface area is 402 Å². The van der Waals surface area contributed by atoms with Crippen LogP contribution in [0.1, 0.15) is 113 Å². The Morgan fingerprint density at radius 1 is 0.500 bits per heavy atom. The fraction of sp³-hybridized carbons (Fsp3) is 0.489. The van der Waals surface area contributed by atoms with Crippen LogP contribution in [-0.4, -0.2) is 82.2 Å². The maximum atomic E-state index is 13.1. The molecule has 6 rings (SSSR count). The van der Waals surface area contributed by atoms with E-state index in [9.17, 15) is 60.2 Å². The average Bonchev–Trinajstić information content (AvgIpc) is 3.23. The Morgan fingerprint density at radius 3 is 1.10 bits per heavy atom. The zero-order valence-corrected chi connectivity index (χ0v) is 38.4. The summed E-state index contributed by atoms with van der Waals surface area (Å²) >= 11 is 0. The van der Waals surface area contributed by atoms with Crippen LogP contribution in [0.3, 0.4) is 0 Å². The molecule has 68 heavy (non-hydrogen) atoms. The number of nitrogens with one attached hydrogen (secondary N) is 2. The number of carbonyl (C=O) groups is 6. The number of carbonyl (C=O) groups excluding carboxylic acids is 4. The van der Waals surface area contributed by atoms with Crippen molar-refractivity contribution in [3.8, 4) is 0 Å². The van der Waals surface area contributed by atoms with E-state index < -0.39 is 81.2 Å². The largest absolute Gasteiger partial charge is 1.00 e. The number of carboxylic acid groups (broad SMARTS) is 2. The second-order valence-corrected chi connectivity index (χ2v) is 16.6. The smallest absolute Gasteiger partial charge is 0.870 e. The first-order valence-corrected chi connectivity index (χ1v) is 21.5. The molecule has 3 fully saturated rings. The molecule has 3 aliphatic rings. The van der Waals surface area contributed by atoms with E-state index in [0.29, 0.717) is 31.7 Å². The van der Waals surface area contributed by atoms with E-state index in [2.05, 4.69) is 15.4 Å². The van der Waals surface area contributed by atoms with E-state index in [4.69, 9.17) is 15.6 Å². The van der Waals surface area contributed by atoms with Gasteiger partial charge in [-0.2, -0.15) is 0 Å². The Bertz CT molecular complexity index is 2110. The molecule has 3 aliphatic carbocycles. The molecule has 3 aromatic carbocycles. The van der Waals surface area contributed by atoms with Gasteiger partial charge in [0.05, 0.1) is 33.5 Å². The van der Waals surface area contributed by atoms with Gasteiger partial charge < -0.3 is 41.5 Å². The molecule has 0 aromatic heterocycles. The van der Waals surface area contributed by atoms with Crippen molar-refractivity contribution in [2.24, 2.45) is 5.73 Å². The van der Waals surface area contributed by atoms with E-state index in [1.807, 2.05) is 0 Å². The van der Waals surface area contributed by atoms with Gasteiger partial charge in [-0.1, -0.05) is 57.8 Å². The molecule has 0 radical (unpaired) electrons. The summed E-state index contributed by atoms with van der Waals surface area (Å²) in [6.45, 7) is 0. The van der Waals surface area contributed by atoms with Gasteiger partial charge in [0.2, 0.25) is 11.8 Å². The fourth-order valence-corrected chi connectivity index (χ4v) is 8.18. The summed E-state index contributed by atoms with van der Waals surface area (Å²) in [4.78, 5) is 68.9. The molecule has 14 nitrogen and oxygen atoms in total. The molecule has 3 saturated carbocycles. The summed E-state index contributed by atoms with van der Waals surface area (Å²) < 4.78 is 86.8. The number of benzene rings is 3. The summed E-state index contributed by atoms with van der Waals surface area (Å²) in [6.07, 6.45) is 10.9. The van der Waals surface area contributed by atoms with Gasteiger partial charge >= 0.3 is 42.7 Å². The standard InChI is InChI=1S/C16H19F2NO3.C15H17F2NO3.C8H6F2O2.C8H15NO2.Li.H2O/c1-22-15(21)16(5-3-2-4-6-16)19-14(20)9-11-7-12(17)10-13(18)8-11;16-11-6-10(7-12(17)9-11)8-13(19)18-15(14(20)21)4-2-1-3-5-15;9-6-1-5(3-8(11)12)2-7(10)4-6;1-11-7(10)8(9)5-3-2-4-6-8;;/h7-8,10H,2-6,9H2,1H3,(H,19,20);6-7,9H,1-5,8H2,(H,18,19)(H,20,21);1-2,4H,3H2,(H,11,12);2-6,9H2,1H3;;1H2/q;;;;+1;/p-1. The van der Waals surface area contributed by atoms with Crippen LogP contribution in [0.2, 0.25) is 0 Å². The van der Waals surface area contributed by atoms with Gasteiger partial charge in [-0.25, -0.2) is 35.9 Å². The molecule has 0 unspecified atom stereocenters. The molecular formula is C47H58F6LiN3O11. The Kier molecular flexibility index (Phi) is 25.7. The monoisotopic (exact) mass is 961 g/mol. The molecule has 2 amide bonds. The van der Waals surface area contributed by atoms with Crippen LogP contribution in [-0.2, 0) is 57.5 Å². The fourth-order valence-electron chi connectivity index (χ4n) is 8.18. The molecule has 21 heteroatoms. The van der Waals surface area contributed by atoms with E-state index in [-0.39, 0.29) is 66.3 Å². The molecule has 0 spiro atoms. The summed E-state index contributed by atoms with van der Waals surface area (Å²) in [5.41, 5.74) is 3.43. The summed E-state index contributed by atoms with van der Waals surface area (Å²) in [5.74, 6) is -8.37. The van der Waals surface area contributed by atoms with Crippen molar-refractivity contribution < 1.29 is 99.1 Å². The van der Waals surface area contributed by atoms with Crippen LogP contribution in [0.4, 0.5) is 26.3 Å². The SMILES string of the molecule is COC(=O)C1(N)CCCCC1.COC(=O)C1(NC(=O)Cc2cc(F)cc(F)c2)CCCCC1.O=C(Cc1cc(F)cc(F)c1)NC1(C(=O)O)CCCCC1.O=C(O)Cc1cc(F)cc(F)c1.[Li+].[OH-]. The van der Waals surface area contributed by atoms with Crippen LogP contribution in [0.15, 0.2) is 54.6 Å². The van der Waals surface area contributed by atoms with E-state index in [1.54, 1.807) is 0 Å². The first-order chi connectivity index (χ1) is 31.1. The molecule has 0 saturated heterocycles. The molecule has 0 atom stereocenters. The maximum absolute atomic E-state index is 13.1. The first-order valence-electron chi connectivity index (χ1n) is 21.5. The van der Waals surface area contributed by atoms with Gasteiger partial charge in [-0.3, -0.25) is 19.2 Å². The second kappa shape index (κ2) is 28.8. The van der Waals surface area contributed by atoms with Crippen LogP contribution in [0.25, 0.3) is 0 Å². The molecule has 0 aliphatic heterocycles. The molecule has 3 aromatic rings. The van der Waals surface area contributed by atoms with Gasteiger partial charge in [0.25, 0.3) is 0 Å². The van der Waals surface area contributed by atoms with Crippen molar-refractivity contribution >= 4 is 35.7 Å². The minimum Gasteiger partial charge on any atom is -0.870 e. The number of halogens is 6. The molecule has 0 bridgehead atoms. The number of nitrogens with two attached hydrogens (primary N) is 1. The first kappa shape index (κ1) is 60.6. The quantitative estimate of drug-likeness (QED) is 0.104. The van der Waals surface area contributed by atoms with E-state index in [0.717, 1.165) is 113 Å². The normalized spacial score (nSPS) is 16.2. The summed E-state index contributed by atoms with van der Waals surface area (Å²) in [7, 11) is 2.68. The number of esters is 2. The van der Waals surface area contributed by atoms with Crippen LogP contribution >= 0.6 is 0 Å². The molecular weight excluding hydrogens is 903 g/mol. The van der Waals surface area contributed by atoms with E-state index >= 15 is 0 Å². The number of amides is 2. The van der Waals surface area contributed by atoms with Crippen molar-refractivity contribution in [2.45, 2.75) is 132 Å². The maximum Gasteiger partial charge on any atom is 1.00 e. The molecule has 370 valence electrons. The number of ether oxygens (including phenoxy) is 2. The van der Waals surface area contributed by atoms with Gasteiger partial charge in [0.1, 0.15) is 51.5 Å². The van der Waals surface area contributed by atoms with E-state index in [1.165, 1.54) is 20.6 Å². The van der Waals surface area contributed by atoms with Gasteiger partial charge in [0, 0.05) is 18.2 Å². The minimum absolute atomic E-state index is 0. The van der Waals surface area contributed by atoms with Gasteiger partial charge in [-0.15, -0.1) is 0 Å². The summed E-state index contributed by atoms with van der Waals surface area (Å²) in [6, 6.07) is 8.51. The molecule has 0 heterocycles. The zero-order valence-electron chi connectivity index (χ0n) is 38.4.